The van der Waals surface area contributed by atoms with Crippen LogP contribution in [0.2, 0.25) is 0 Å². The van der Waals surface area contributed by atoms with E-state index >= 15 is 0 Å². The van der Waals surface area contributed by atoms with Gasteiger partial charge in [0.15, 0.2) is 0 Å². The van der Waals surface area contributed by atoms with E-state index in [2.05, 4.69) is 0 Å². The highest BCUT2D eigenvalue weighted by atomic mass is 19.3. The molecule has 1 N–H and O–H groups in total. The molecule has 1 nitrogen and oxygen atoms in total. The molecule has 1 rings (SSSR count). The maximum atomic E-state index is 13.7. The molecular formula is C12H16F2O. The predicted molar refractivity (Wildman–Crippen MR) is 56.1 cm³/mol. The highest BCUT2D eigenvalue weighted by Gasteiger charge is 2.46. The fraction of sp³-hybridized carbons (Fsp3) is 0.500. The van der Waals surface area contributed by atoms with Gasteiger partial charge in [-0.25, -0.2) is 8.78 Å². The van der Waals surface area contributed by atoms with Crippen LogP contribution in [0.1, 0.15) is 25.8 Å². The fourth-order valence-corrected chi connectivity index (χ4v) is 1.52. The molecule has 1 aromatic rings. The average Bonchev–Trinajstić information content (AvgIpc) is 2.19. The second-order valence-corrected chi connectivity index (χ2v) is 4.17. The van der Waals surface area contributed by atoms with Crippen LogP contribution < -0.4 is 0 Å². The van der Waals surface area contributed by atoms with Gasteiger partial charge >= 0.3 is 0 Å². The van der Waals surface area contributed by atoms with Crippen molar-refractivity contribution in [3.63, 3.8) is 0 Å². The van der Waals surface area contributed by atoms with E-state index in [0.29, 0.717) is 5.56 Å². The number of aliphatic hydroxyl groups is 1. The van der Waals surface area contributed by atoms with Crippen molar-refractivity contribution in [2.24, 2.45) is 0 Å². The largest absolute Gasteiger partial charge is 0.396 e. The third-order valence-electron chi connectivity index (χ3n) is 2.84. The van der Waals surface area contributed by atoms with E-state index in [4.69, 9.17) is 5.11 Å². The summed E-state index contributed by atoms with van der Waals surface area (Å²) in [7, 11) is 0. The third kappa shape index (κ3) is 2.34. The van der Waals surface area contributed by atoms with Gasteiger partial charge in [-0.3, -0.25) is 0 Å². The summed E-state index contributed by atoms with van der Waals surface area (Å²) in [6.07, 6.45) is -0.505. The number of benzene rings is 1. The SMILES string of the molecule is CC(C)(c1ccccc1)C(F)(F)CCO. The Morgan fingerprint density at radius 1 is 1.13 bits per heavy atom. The van der Waals surface area contributed by atoms with Gasteiger partial charge in [0.1, 0.15) is 0 Å². The van der Waals surface area contributed by atoms with Gasteiger partial charge in [0.05, 0.1) is 5.41 Å². The molecule has 0 saturated heterocycles. The van der Waals surface area contributed by atoms with Crippen LogP contribution in [0.4, 0.5) is 8.78 Å². The Morgan fingerprint density at radius 2 is 1.67 bits per heavy atom. The average molecular weight is 214 g/mol. The third-order valence-corrected chi connectivity index (χ3v) is 2.84. The zero-order valence-electron chi connectivity index (χ0n) is 9.00. The molecule has 0 heterocycles. The monoisotopic (exact) mass is 214 g/mol. The topological polar surface area (TPSA) is 20.2 Å². The first-order valence-corrected chi connectivity index (χ1v) is 4.96. The summed E-state index contributed by atoms with van der Waals surface area (Å²) in [5, 5.41) is 8.63. The molecular weight excluding hydrogens is 198 g/mol. The standard InChI is InChI=1S/C12H16F2O/c1-11(2,12(13,14)8-9-15)10-6-4-3-5-7-10/h3-7,15H,8-9H2,1-2H3. The van der Waals surface area contributed by atoms with Gasteiger partial charge in [0.2, 0.25) is 0 Å². The number of aliphatic hydroxyl groups excluding tert-OH is 1. The van der Waals surface area contributed by atoms with Gasteiger partial charge < -0.3 is 5.11 Å². The summed E-state index contributed by atoms with van der Waals surface area (Å²) < 4.78 is 27.5. The highest BCUT2D eigenvalue weighted by Crippen LogP contribution is 2.41. The van der Waals surface area contributed by atoms with Crippen LogP contribution in [0.15, 0.2) is 30.3 Å². The molecule has 0 spiro atoms. The molecule has 1 aromatic carbocycles. The minimum absolute atomic E-state index is 0.497. The first-order chi connectivity index (χ1) is 6.92. The number of alkyl halides is 2. The van der Waals surface area contributed by atoms with Crippen molar-refractivity contribution in [2.45, 2.75) is 31.6 Å². The quantitative estimate of drug-likeness (QED) is 0.817. The van der Waals surface area contributed by atoms with E-state index in [0.717, 1.165) is 0 Å². The second kappa shape index (κ2) is 4.27. The number of hydrogen-bond acceptors (Lipinski definition) is 1. The zero-order chi connectivity index (χ0) is 11.5. The smallest absolute Gasteiger partial charge is 0.259 e. The Bertz CT molecular complexity index is 307. The Hall–Kier alpha value is -0.960. The zero-order valence-corrected chi connectivity index (χ0v) is 9.00. The maximum Gasteiger partial charge on any atom is 0.259 e. The molecule has 0 aliphatic rings. The van der Waals surface area contributed by atoms with Gasteiger partial charge in [-0.15, -0.1) is 0 Å². The Morgan fingerprint density at radius 3 is 2.13 bits per heavy atom. The summed E-state index contributed by atoms with van der Waals surface area (Å²) in [5.41, 5.74) is -0.666. The Balaban J connectivity index is 3.01. The van der Waals surface area contributed by atoms with Crippen LogP contribution in [0.3, 0.4) is 0 Å². The number of hydrogen-bond donors (Lipinski definition) is 1. The lowest BCUT2D eigenvalue weighted by Gasteiger charge is -2.34. The van der Waals surface area contributed by atoms with Crippen molar-refractivity contribution in [2.75, 3.05) is 6.61 Å². The lowest BCUT2D eigenvalue weighted by Crippen LogP contribution is -2.41. The summed E-state index contributed by atoms with van der Waals surface area (Å²) in [6.45, 7) is 2.50. The summed E-state index contributed by atoms with van der Waals surface area (Å²) >= 11 is 0. The molecule has 0 saturated carbocycles. The summed E-state index contributed by atoms with van der Waals surface area (Å²) in [5.74, 6) is -2.90. The fourth-order valence-electron chi connectivity index (χ4n) is 1.52. The predicted octanol–water partition coefficient (Wildman–Crippen LogP) is 2.98. The van der Waals surface area contributed by atoms with Gasteiger partial charge in [0.25, 0.3) is 5.92 Å². The first-order valence-electron chi connectivity index (χ1n) is 4.96. The van der Waals surface area contributed by atoms with Crippen LogP contribution in [0.5, 0.6) is 0 Å². The van der Waals surface area contributed by atoms with Crippen molar-refractivity contribution in [3.8, 4) is 0 Å². The van der Waals surface area contributed by atoms with E-state index in [1.54, 1.807) is 30.3 Å². The first kappa shape index (κ1) is 12.1. The molecule has 0 bridgehead atoms. The van der Waals surface area contributed by atoms with E-state index in [9.17, 15) is 8.78 Å². The maximum absolute atomic E-state index is 13.7. The molecule has 0 aromatic heterocycles. The number of rotatable bonds is 4. The van der Waals surface area contributed by atoms with E-state index < -0.39 is 24.4 Å². The van der Waals surface area contributed by atoms with Crippen molar-refractivity contribution in [1.29, 1.82) is 0 Å². The molecule has 15 heavy (non-hydrogen) atoms. The van der Waals surface area contributed by atoms with Crippen molar-refractivity contribution >= 4 is 0 Å². The molecule has 0 unspecified atom stereocenters. The molecule has 0 aliphatic heterocycles. The van der Waals surface area contributed by atoms with E-state index in [1.807, 2.05) is 0 Å². The normalized spacial score (nSPS) is 12.9. The Kier molecular flexibility index (Phi) is 3.45. The van der Waals surface area contributed by atoms with Gasteiger partial charge in [0, 0.05) is 13.0 Å². The van der Waals surface area contributed by atoms with Gasteiger partial charge in [-0.1, -0.05) is 44.2 Å². The van der Waals surface area contributed by atoms with Crippen molar-refractivity contribution in [3.05, 3.63) is 35.9 Å². The summed E-state index contributed by atoms with van der Waals surface area (Å²) in [4.78, 5) is 0. The minimum Gasteiger partial charge on any atom is -0.396 e. The van der Waals surface area contributed by atoms with Crippen LogP contribution in [-0.4, -0.2) is 17.6 Å². The minimum atomic E-state index is -2.90. The molecule has 0 fully saturated rings. The van der Waals surface area contributed by atoms with E-state index in [-0.39, 0.29) is 0 Å². The highest BCUT2D eigenvalue weighted by molar-refractivity contribution is 5.26. The van der Waals surface area contributed by atoms with E-state index in [1.165, 1.54) is 13.8 Å². The van der Waals surface area contributed by atoms with Crippen molar-refractivity contribution in [1.82, 2.24) is 0 Å². The second-order valence-electron chi connectivity index (χ2n) is 4.17. The molecule has 0 aliphatic carbocycles. The van der Waals surface area contributed by atoms with Crippen LogP contribution in [-0.2, 0) is 5.41 Å². The van der Waals surface area contributed by atoms with Crippen molar-refractivity contribution < 1.29 is 13.9 Å². The molecule has 0 radical (unpaired) electrons. The lowest BCUT2D eigenvalue weighted by atomic mass is 9.77. The van der Waals surface area contributed by atoms with Gasteiger partial charge in [-0.2, -0.15) is 0 Å². The van der Waals surface area contributed by atoms with Crippen LogP contribution in [0, 0.1) is 0 Å². The van der Waals surface area contributed by atoms with Crippen LogP contribution in [0.25, 0.3) is 0 Å². The summed E-state index contributed by atoms with van der Waals surface area (Å²) in [6, 6.07) is 8.65. The lowest BCUT2D eigenvalue weighted by molar-refractivity contribution is -0.0814. The molecule has 84 valence electrons. The van der Waals surface area contributed by atoms with Gasteiger partial charge in [-0.05, 0) is 5.56 Å². The molecule has 3 heteroatoms. The molecule has 0 atom stereocenters. The number of halogens is 2. The molecule has 0 amide bonds. The van der Waals surface area contributed by atoms with Crippen LogP contribution >= 0.6 is 0 Å². The Labute approximate surface area is 88.7 Å².